The zero-order valence-corrected chi connectivity index (χ0v) is 10.6. The van der Waals surface area contributed by atoms with Crippen LogP contribution in [-0.2, 0) is 4.74 Å². The first kappa shape index (κ1) is 11.7. The molecule has 2 rings (SSSR count). The first-order valence-electron chi connectivity index (χ1n) is 6.07. The van der Waals surface area contributed by atoms with E-state index in [1.807, 2.05) is 32.7 Å². The minimum absolute atomic E-state index is 0.144. The molecule has 4 heteroatoms. The number of rotatable bonds is 1. The second kappa shape index (κ2) is 3.91. The fourth-order valence-electron chi connectivity index (χ4n) is 2.85. The smallest absolute Gasteiger partial charge is 0.410 e. The van der Waals surface area contributed by atoms with Gasteiger partial charge in [0.15, 0.2) is 0 Å². The van der Waals surface area contributed by atoms with Gasteiger partial charge in [-0.3, -0.25) is 0 Å². The average molecular weight is 226 g/mol. The van der Waals surface area contributed by atoms with E-state index in [2.05, 4.69) is 5.32 Å². The lowest BCUT2D eigenvalue weighted by molar-refractivity contribution is 0.0176. The normalized spacial score (nSPS) is 33.2. The number of fused-ring (bicyclic) bond motifs is 2. The topological polar surface area (TPSA) is 41.6 Å². The monoisotopic (exact) mass is 226 g/mol. The quantitative estimate of drug-likeness (QED) is 0.738. The Morgan fingerprint density at radius 2 is 2.06 bits per heavy atom. The summed E-state index contributed by atoms with van der Waals surface area (Å²) >= 11 is 0. The molecule has 1 amide bonds. The molecule has 1 aliphatic heterocycles. The van der Waals surface area contributed by atoms with Crippen LogP contribution < -0.4 is 5.32 Å². The van der Waals surface area contributed by atoms with Crippen LogP contribution in [0.15, 0.2) is 0 Å². The lowest BCUT2D eigenvalue weighted by atomic mass is 10.0. The van der Waals surface area contributed by atoms with Crippen LogP contribution in [0.4, 0.5) is 4.79 Å². The lowest BCUT2D eigenvalue weighted by Crippen LogP contribution is -2.46. The van der Waals surface area contributed by atoms with Crippen molar-refractivity contribution in [1.29, 1.82) is 0 Å². The van der Waals surface area contributed by atoms with Crippen molar-refractivity contribution in [1.82, 2.24) is 10.2 Å². The van der Waals surface area contributed by atoms with E-state index >= 15 is 0 Å². The first-order chi connectivity index (χ1) is 7.40. The summed E-state index contributed by atoms with van der Waals surface area (Å²) in [5.74, 6) is 0.613. The summed E-state index contributed by atoms with van der Waals surface area (Å²) in [6.07, 6.45) is 2.06. The van der Waals surface area contributed by atoms with Crippen molar-refractivity contribution in [2.45, 2.75) is 51.3 Å². The van der Waals surface area contributed by atoms with Crippen LogP contribution in [0.25, 0.3) is 0 Å². The molecule has 16 heavy (non-hydrogen) atoms. The summed E-state index contributed by atoms with van der Waals surface area (Å²) in [6, 6.07) is 0.973. The van der Waals surface area contributed by atoms with Gasteiger partial charge in [0.2, 0.25) is 0 Å². The maximum Gasteiger partial charge on any atom is 0.410 e. The number of piperidine rings is 1. The van der Waals surface area contributed by atoms with Crippen molar-refractivity contribution in [2.75, 3.05) is 13.6 Å². The van der Waals surface area contributed by atoms with E-state index in [9.17, 15) is 4.79 Å². The molecule has 4 nitrogen and oxygen atoms in total. The predicted octanol–water partition coefficient (Wildman–Crippen LogP) is 1.60. The molecule has 0 radical (unpaired) electrons. The van der Waals surface area contributed by atoms with E-state index in [0.717, 1.165) is 19.4 Å². The summed E-state index contributed by atoms with van der Waals surface area (Å²) in [6.45, 7) is 6.59. The zero-order chi connectivity index (χ0) is 11.9. The Morgan fingerprint density at radius 3 is 2.50 bits per heavy atom. The minimum Gasteiger partial charge on any atom is -0.444 e. The van der Waals surface area contributed by atoms with Gasteiger partial charge in [0.1, 0.15) is 5.60 Å². The second-order valence-corrected chi connectivity index (χ2v) is 5.91. The fraction of sp³-hybridized carbons (Fsp3) is 0.917. The molecule has 1 saturated carbocycles. The molecular weight excluding hydrogens is 204 g/mol. The van der Waals surface area contributed by atoms with E-state index in [1.54, 1.807) is 0 Å². The van der Waals surface area contributed by atoms with Crippen LogP contribution in [0.5, 0.6) is 0 Å². The van der Waals surface area contributed by atoms with E-state index in [-0.39, 0.29) is 11.7 Å². The van der Waals surface area contributed by atoms with Gasteiger partial charge in [0.25, 0.3) is 0 Å². The summed E-state index contributed by atoms with van der Waals surface area (Å²) in [5, 5.41) is 3.32. The maximum atomic E-state index is 11.9. The number of hydrogen-bond acceptors (Lipinski definition) is 3. The molecule has 0 aromatic heterocycles. The summed E-state index contributed by atoms with van der Waals surface area (Å²) in [5.41, 5.74) is -0.388. The number of ether oxygens (including phenoxy) is 1. The molecule has 3 atom stereocenters. The zero-order valence-electron chi connectivity index (χ0n) is 10.6. The SMILES string of the molecule is CNC1CC2CC1CN2C(=O)OC(C)(C)C. The Hall–Kier alpha value is -0.770. The Balaban J connectivity index is 1.93. The Kier molecular flexibility index (Phi) is 2.86. The van der Waals surface area contributed by atoms with Crippen LogP contribution in [-0.4, -0.2) is 42.3 Å². The third-order valence-electron chi connectivity index (χ3n) is 3.54. The molecule has 2 fully saturated rings. The van der Waals surface area contributed by atoms with Crippen molar-refractivity contribution in [3.63, 3.8) is 0 Å². The molecule has 92 valence electrons. The lowest BCUT2D eigenvalue weighted by Gasteiger charge is -2.33. The van der Waals surface area contributed by atoms with Gasteiger partial charge < -0.3 is 15.0 Å². The number of carbonyl (C=O) groups is 1. The highest BCUT2D eigenvalue weighted by atomic mass is 16.6. The van der Waals surface area contributed by atoms with E-state index < -0.39 is 0 Å². The highest BCUT2D eigenvalue weighted by Crippen LogP contribution is 2.38. The molecule has 0 spiro atoms. The molecule has 2 aliphatic rings. The molecule has 1 heterocycles. The standard InChI is InChI=1S/C12H22N2O2/c1-12(2,3)16-11(15)14-7-8-5-9(14)6-10(8)13-4/h8-10,13H,5-7H2,1-4H3. The second-order valence-electron chi connectivity index (χ2n) is 5.91. The number of hydrogen-bond donors (Lipinski definition) is 1. The van der Waals surface area contributed by atoms with Crippen molar-refractivity contribution < 1.29 is 9.53 Å². The molecule has 3 unspecified atom stereocenters. The Morgan fingerprint density at radius 1 is 1.38 bits per heavy atom. The molecule has 1 N–H and O–H groups in total. The number of carbonyl (C=O) groups excluding carboxylic acids is 1. The van der Waals surface area contributed by atoms with Gasteiger partial charge >= 0.3 is 6.09 Å². The Labute approximate surface area is 97.3 Å². The van der Waals surface area contributed by atoms with Crippen LogP contribution in [0.2, 0.25) is 0 Å². The van der Waals surface area contributed by atoms with Crippen LogP contribution in [0.3, 0.4) is 0 Å². The molecule has 0 aromatic carbocycles. The number of amides is 1. The van der Waals surface area contributed by atoms with Gasteiger partial charge in [-0.25, -0.2) is 4.79 Å². The van der Waals surface area contributed by atoms with Crippen molar-refractivity contribution >= 4 is 6.09 Å². The molecule has 1 saturated heterocycles. The average Bonchev–Trinajstić information content (AvgIpc) is 2.72. The van der Waals surface area contributed by atoms with Gasteiger partial charge in [-0.15, -0.1) is 0 Å². The van der Waals surface area contributed by atoms with Crippen LogP contribution >= 0.6 is 0 Å². The van der Waals surface area contributed by atoms with Crippen molar-refractivity contribution in [3.05, 3.63) is 0 Å². The molecular formula is C12H22N2O2. The van der Waals surface area contributed by atoms with Gasteiger partial charge in [0, 0.05) is 18.6 Å². The largest absolute Gasteiger partial charge is 0.444 e. The van der Waals surface area contributed by atoms with Gasteiger partial charge in [-0.1, -0.05) is 0 Å². The van der Waals surface area contributed by atoms with E-state index in [1.165, 1.54) is 0 Å². The first-order valence-corrected chi connectivity index (χ1v) is 6.07. The molecule has 1 aliphatic carbocycles. The third-order valence-corrected chi connectivity index (χ3v) is 3.54. The van der Waals surface area contributed by atoms with Gasteiger partial charge in [-0.05, 0) is 46.6 Å². The third kappa shape index (κ3) is 2.17. The number of likely N-dealkylation sites (tertiary alicyclic amines) is 1. The minimum atomic E-state index is -0.388. The summed E-state index contributed by atoms with van der Waals surface area (Å²) < 4.78 is 5.41. The highest BCUT2D eigenvalue weighted by molar-refractivity contribution is 5.69. The van der Waals surface area contributed by atoms with Crippen LogP contribution in [0.1, 0.15) is 33.6 Å². The van der Waals surface area contributed by atoms with Crippen molar-refractivity contribution in [3.8, 4) is 0 Å². The van der Waals surface area contributed by atoms with Gasteiger partial charge in [-0.2, -0.15) is 0 Å². The predicted molar refractivity (Wildman–Crippen MR) is 62.3 cm³/mol. The van der Waals surface area contributed by atoms with Crippen molar-refractivity contribution in [2.24, 2.45) is 5.92 Å². The number of nitrogens with zero attached hydrogens (tertiary/aromatic N) is 1. The van der Waals surface area contributed by atoms with E-state index in [0.29, 0.717) is 18.0 Å². The Bertz CT molecular complexity index is 285. The fourth-order valence-corrected chi connectivity index (χ4v) is 2.85. The van der Waals surface area contributed by atoms with E-state index in [4.69, 9.17) is 4.74 Å². The highest BCUT2D eigenvalue weighted by Gasteiger charge is 2.46. The maximum absolute atomic E-state index is 11.9. The summed E-state index contributed by atoms with van der Waals surface area (Å²) in [4.78, 5) is 13.8. The molecule has 0 aromatic rings. The van der Waals surface area contributed by atoms with Gasteiger partial charge in [0.05, 0.1) is 0 Å². The summed E-state index contributed by atoms with van der Waals surface area (Å²) in [7, 11) is 2.00. The van der Waals surface area contributed by atoms with Crippen LogP contribution in [0, 0.1) is 5.92 Å². The molecule has 2 bridgehead atoms. The number of nitrogens with one attached hydrogen (secondary N) is 1.